The zero-order valence-corrected chi connectivity index (χ0v) is 9.09. The lowest BCUT2D eigenvalue weighted by molar-refractivity contribution is -0.134. The molecule has 0 spiro atoms. The van der Waals surface area contributed by atoms with Crippen molar-refractivity contribution in [1.82, 2.24) is 4.90 Å². The van der Waals surface area contributed by atoms with Crippen molar-refractivity contribution in [2.45, 2.75) is 32.0 Å². The molecule has 15 heavy (non-hydrogen) atoms. The van der Waals surface area contributed by atoms with Crippen LogP contribution >= 0.6 is 0 Å². The SMILES string of the molecule is CCCC(CN)C(=O)N1CC(O)C(O)C1. The van der Waals surface area contributed by atoms with Gasteiger partial charge < -0.3 is 20.8 Å². The number of hydrogen-bond acceptors (Lipinski definition) is 4. The first-order valence-electron chi connectivity index (χ1n) is 5.45. The third-order valence-electron chi connectivity index (χ3n) is 2.84. The van der Waals surface area contributed by atoms with Gasteiger partial charge in [-0.3, -0.25) is 4.79 Å². The number of carbonyl (C=O) groups excluding carboxylic acids is 1. The van der Waals surface area contributed by atoms with Crippen LogP contribution in [-0.4, -0.2) is 52.9 Å². The smallest absolute Gasteiger partial charge is 0.227 e. The Morgan fingerprint density at radius 2 is 2.00 bits per heavy atom. The van der Waals surface area contributed by atoms with Crippen molar-refractivity contribution in [1.29, 1.82) is 0 Å². The predicted molar refractivity (Wildman–Crippen MR) is 56.0 cm³/mol. The molecule has 5 nitrogen and oxygen atoms in total. The van der Waals surface area contributed by atoms with E-state index in [2.05, 4.69) is 0 Å². The molecule has 3 atom stereocenters. The molecule has 1 aliphatic heterocycles. The summed E-state index contributed by atoms with van der Waals surface area (Å²) >= 11 is 0. The molecule has 0 aliphatic carbocycles. The number of carbonyl (C=O) groups is 1. The number of hydrogen-bond donors (Lipinski definition) is 3. The van der Waals surface area contributed by atoms with Crippen molar-refractivity contribution in [3.05, 3.63) is 0 Å². The second-order valence-corrected chi connectivity index (χ2v) is 4.10. The Bertz CT molecular complexity index is 213. The molecule has 0 saturated carbocycles. The summed E-state index contributed by atoms with van der Waals surface area (Å²) < 4.78 is 0. The van der Waals surface area contributed by atoms with E-state index in [4.69, 9.17) is 5.73 Å². The molecule has 0 radical (unpaired) electrons. The molecule has 1 fully saturated rings. The number of rotatable bonds is 4. The van der Waals surface area contributed by atoms with E-state index in [0.29, 0.717) is 6.54 Å². The minimum absolute atomic E-state index is 0.0463. The third kappa shape index (κ3) is 2.90. The number of nitrogens with zero attached hydrogens (tertiary/aromatic N) is 1. The molecular formula is C10H20N2O3. The van der Waals surface area contributed by atoms with Crippen LogP contribution in [0.15, 0.2) is 0 Å². The molecule has 0 aromatic carbocycles. The molecule has 1 rings (SSSR count). The Hall–Kier alpha value is -0.650. The van der Waals surface area contributed by atoms with E-state index in [1.807, 2.05) is 6.92 Å². The summed E-state index contributed by atoms with van der Waals surface area (Å²) in [6.45, 7) is 2.78. The summed E-state index contributed by atoms with van der Waals surface area (Å²) in [6.07, 6.45) is 0.0490. The number of amides is 1. The fourth-order valence-corrected chi connectivity index (χ4v) is 1.90. The van der Waals surface area contributed by atoms with Gasteiger partial charge in [0.1, 0.15) is 0 Å². The highest BCUT2D eigenvalue weighted by Crippen LogP contribution is 2.15. The van der Waals surface area contributed by atoms with Crippen LogP contribution in [0.2, 0.25) is 0 Å². The lowest BCUT2D eigenvalue weighted by Crippen LogP contribution is -2.38. The van der Waals surface area contributed by atoms with Gasteiger partial charge in [-0.25, -0.2) is 0 Å². The molecule has 5 heteroatoms. The largest absolute Gasteiger partial charge is 0.388 e. The van der Waals surface area contributed by atoms with E-state index < -0.39 is 12.2 Å². The number of nitrogens with two attached hydrogens (primary N) is 1. The lowest BCUT2D eigenvalue weighted by atomic mass is 10.0. The van der Waals surface area contributed by atoms with Crippen molar-refractivity contribution in [2.75, 3.05) is 19.6 Å². The van der Waals surface area contributed by atoms with Crippen LogP contribution in [-0.2, 0) is 4.79 Å². The normalized spacial score (nSPS) is 28.1. The fraction of sp³-hybridized carbons (Fsp3) is 0.900. The van der Waals surface area contributed by atoms with E-state index >= 15 is 0 Å². The lowest BCUT2D eigenvalue weighted by Gasteiger charge is -2.21. The molecule has 1 saturated heterocycles. The summed E-state index contributed by atoms with van der Waals surface area (Å²) in [5.41, 5.74) is 5.52. The van der Waals surface area contributed by atoms with Gasteiger partial charge in [-0.2, -0.15) is 0 Å². The monoisotopic (exact) mass is 216 g/mol. The topological polar surface area (TPSA) is 86.8 Å². The van der Waals surface area contributed by atoms with Gasteiger partial charge in [-0.15, -0.1) is 0 Å². The minimum atomic E-state index is -0.811. The molecule has 0 bridgehead atoms. The van der Waals surface area contributed by atoms with E-state index in [1.54, 1.807) is 0 Å². The van der Waals surface area contributed by atoms with Crippen molar-refractivity contribution in [3.63, 3.8) is 0 Å². The van der Waals surface area contributed by atoms with E-state index in [-0.39, 0.29) is 24.9 Å². The van der Waals surface area contributed by atoms with Crippen LogP contribution in [0.3, 0.4) is 0 Å². The van der Waals surface area contributed by atoms with Crippen LogP contribution in [0.4, 0.5) is 0 Å². The highest BCUT2D eigenvalue weighted by Gasteiger charge is 2.34. The van der Waals surface area contributed by atoms with E-state index in [0.717, 1.165) is 12.8 Å². The summed E-state index contributed by atoms with van der Waals surface area (Å²) in [7, 11) is 0. The average Bonchev–Trinajstić information content (AvgIpc) is 2.55. The highest BCUT2D eigenvalue weighted by molar-refractivity contribution is 5.79. The summed E-state index contributed by atoms with van der Waals surface area (Å²) in [5.74, 6) is -0.220. The van der Waals surface area contributed by atoms with Gasteiger partial charge in [-0.05, 0) is 6.42 Å². The molecule has 1 aliphatic rings. The van der Waals surface area contributed by atoms with Gasteiger partial charge >= 0.3 is 0 Å². The average molecular weight is 216 g/mol. The molecule has 3 unspecified atom stereocenters. The number of β-amino-alcohol motifs (C(OH)–C–C–N with tert-alkyl or cyclic N) is 2. The summed E-state index contributed by atoms with van der Waals surface area (Å²) in [4.78, 5) is 13.4. The maximum Gasteiger partial charge on any atom is 0.227 e. The second-order valence-electron chi connectivity index (χ2n) is 4.10. The van der Waals surface area contributed by atoms with E-state index in [9.17, 15) is 15.0 Å². The molecular weight excluding hydrogens is 196 g/mol. The molecule has 4 N–H and O–H groups in total. The van der Waals surface area contributed by atoms with Crippen LogP contribution < -0.4 is 5.73 Å². The van der Waals surface area contributed by atoms with Crippen LogP contribution in [0, 0.1) is 5.92 Å². The van der Waals surface area contributed by atoms with Gasteiger partial charge in [-0.1, -0.05) is 13.3 Å². The van der Waals surface area contributed by atoms with Crippen molar-refractivity contribution in [2.24, 2.45) is 11.7 Å². The first-order chi connectivity index (χ1) is 7.10. The minimum Gasteiger partial charge on any atom is -0.388 e. The molecule has 0 aromatic rings. The standard InChI is InChI=1S/C10H20N2O3/c1-2-3-7(4-11)10(15)12-5-8(13)9(14)6-12/h7-9,13-14H,2-6,11H2,1H3. The molecule has 1 heterocycles. The fourth-order valence-electron chi connectivity index (χ4n) is 1.90. The van der Waals surface area contributed by atoms with Crippen LogP contribution in [0.25, 0.3) is 0 Å². The zero-order chi connectivity index (χ0) is 11.4. The number of aliphatic hydroxyl groups is 2. The first-order valence-corrected chi connectivity index (χ1v) is 5.45. The van der Waals surface area contributed by atoms with Crippen molar-refractivity contribution >= 4 is 5.91 Å². The van der Waals surface area contributed by atoms with Gasteiger partial charge in [0.05, 0.1) is 18.1 Å². The van der Waals surface area contributed by atoms with Crippen LogP contribution in [0.5, 0.6) is 0 Å². The van der Waals surface area contributed by atoms with Gasteiger partial charge in [0.15, 0.2) is 0 Å². The Balaban J connectivity index is 2.52. The van der Waals surface area contributed by atoms with Crippen LogP contribution in [0.1, 0.15) is 19.8 Å². The number of aliphatic hydroxyl groups excluding tert-OH is 2. The van der Waals surface area contributed by atoms with Crippen molar-refractivity contribution in [3.8, 4) is 0 Å². The number of likely N-dealkylation sites (tertiary alicyclic amines) is 1. The second kappa shape index (κ2) is 5.44. The van der Waals surface area contributed by atoms with Gasteiger partial charge in [0, 0.05) is 19.6 Å². The summed E-state index contributed by atoms with van der Waals surface area (Å²) in [6, 6.07) is 0. The molecule has 1 amide bonds. The highest BCUT2D eigenvalue weighted by atomic mass is 16.3. The van der Waals surface area contributed by atoms with E-state index in [1.165, 1.54) is 4.90 Å². The Morgan fingerprint density at radius 1 is 1.47 bits per heavy atom. The van der Waals surface area contributed by atoms with Gasteiger partial charge in [0.2, 0.25) is 5.91 Å². The van der Waals surface area contributed by atoms with Gasteiger partial charge in [0.25, 0.3) is 0 Å². The molecule has 88 valence electrons. The molecule has 0 aromatic heterocycles. The maximum absolute atomic E-state index is 11.9. The zero-order valence-electron chi connectivity index (χ0n) is 9.09. The quantitative estimate of drug-likeness (QED) is 0.558. The Morgan fingerprint density at radius 3 is 2.40 bits per heavy atom. The summed E-state index contributed by atoms with van der Waals surface area (Å²) in [5, 5.41) is 18.7. The van der Waals surface area contributed by atoms with Crippen molar-refractivity contribution < 1.29 is 15.0 Å². The third-order valence-corrected chi connectivity index (χ3v) is 2.84. The maximum atomic E-state index is 11.9. The first kappa shape index (κ1) is 12.4. The Labute approximate surface area is 89.9 Å². The predicted octanol–water partition coefficient (Wildman–Crippen LogP) is -1.07. The Kier molecular flexibility index (Phi) is 4.50.